The third-order valence-corrected chi connectivity index (χ3v) is 13.8. The largest absolute Gasteiger partial charge is 0.461 e. The molecule has 0 aromatic carbocycles. The van der Waals surface area contributed by atoms with Crippen LogP contribution in [-0.2, 0) is 23.9 Å². The second-order valence-corrected chi connectivity index (χ2v) is 15.5. The van der Waals surface area contributed by atoms with Crippen LogP contribution in [0.1, 0.15) is 107 Å². The van der Waals surface area contributed by atoms with Gasteiger partial charge in [0.05, 0.1) is 0 Å². The third-order valence-electron chi connectivity index (χ3n) is 13.7. The van der Waals surface area contributed by atoms with Crippen LogP contribution >= 0.6 is 11.6 Å². The van der Waals surface area contributed by atoms with Crippen molar-refractivity contribution in [2.24, 2.45) is 56.7 Å². The molecule has 0 aliphatic heterocycles. The molecule has 0 aromatic heterocycles. The molecule has 0 aromatic rings. The minimum atomic E-state index is -1.06. The van der Waals surface area contributed by atoms with E-state index in [0.29, 0.717) is 24.2 Å². The molecule has 11 atom stereocenters. The van der Waals surface area contributed by atoms with E-state index in [1.54, 1.807) is 0 Å². The van der Waals surface area contributed by atoms with Crippen molar-refractivity contribution in [3.05, 3.63) is 11.6 Å². The van der Waals surface area contributed by atoms with Crippen molar-refractivity contribution in [1.82, 2.24) is 0 Å². The lowest BCUT2D eigenvalue weighted by Gasteiger charge is -2.70. The van der Waals surface area contributed by atoms with Crippen molar-refractivity contribution in [2.75, 3.05) is 6.07 Å². The first kappa shape index (κ1) is 29.1. The van der Waals surface area contributed by atoms with Gasteiger partial charge in [0.25, 0.3) is 0 Å². The minimum Gasteiger partial charge on any atom is -0.461 e. The summed E-state index contributed by atoms with van der Waals surface area (Å²) >= 11 is 5.87. The fraction of sp³-hybridized carbons (Fsp3) is 0.848. The Balaban J connectivity index is 1.62. The van der Waals surface area contributed by atoms with E-state index in [4.69, 9.17) is 21.1 Å². The van der Waals surface area contributed by atoms with Crippen molar-refractivity contribution in [3.63, 3.8) is 0 Å². The van der Waals surface area contributed by atoms with Gasteiger partial charge in [0.2, 0.25) is 0 Å². The van der Waals surface area contributed by atoms with Gasteiger partial charge in [-0.2, -0.15) is 0 Å². The first-order valence-corrected chi connectivity index (χ1v) is 15.8. The van der Waals surface area contributed by atoms with Gasteiger partial charge in [0.15, 0.2) is 11.8 Å². The predicted molar refractivity (Wildman–Crippen MR) is 152 cm³/mol. The Hall–Kier alpha value is -1.36. The van der Waals surface area contributed by atoms with Crippen molar-refractivity contribution in [3.8, 4) is 0 Å². The lowest BCUT2D eigenvalue weighted by atomic mass is 9.33. The fourth-order valence-electron chi connectivity index (χ4n) is 11.2. The highest BCUT2D eigenvalue weighted by Gasteiger charge is 2.72. The van der Waals surface area contributed by atoms with Gasteiger partial charge in [-0.3, -0.25) is 14.4 Å². The number of hydrogen-bond donors (Lipinski definition) is 0. The van der Waals surface area contributed by atoms with Crippen molar-refractivity contribution >= 4 is 29.3 Å². The third kappa shape index (κ3) is 3.79. The Morgan fingerprint density at radius 3 is 2.31 bits per heavy atom. The molecule has 5 aliphatic rings. The number of carbonyl (C=O) groups is 3. The van der Waals surface area contributed by atoms with Gasteiger partial charge in [-0.25, -0.2) is 0 Å². The quantitative estimate of drug-likeness (QED) is 0.264. The maximum Gasteiger partial charge on any atom is 0.317 e. The predicted octanol–water partition coefficient (Wildman–Crippen LogP) is 7.49. The summed E-state index contributed by atoms with van der Waals surface area (Å²) < 4.78 is 11.2. The number of fused-ring (bicyclic) bond motifs is 7. The number of hydrogen-bond acceptors (Lipinski definition) is 5. The van der Waals surface area contributed by atoms with Gasteiger partial charge in [-0.15, -0.1) is 0 Å². The van der Waals surface area contributed by atoms with Gasteiger partial charge >= 0.3 is 11.9 Å². The minimum absolute atomic E-state index is 0.0607. The van der Waals surface area contributed by atoms with Crippen LogP contribution in [0.2, 0.25) is 0 Å². The second kappa shape index (κ2) is 9.33. The Kier molecular flexibility index (Phi) is 6.97. The zero-order chi connectivity index (χ0) is 28.8. The molecule has 5 aliphatic carbocycles. The average molecular weight is 561 g/mol. The summed E-state index contributed by atoms with van der Waals surface area (Å²) in [6, 6.07) is -0.244. The monoisotopic (exact) mass is 560 g/mol. The van der Waals surface area contributed by atoms with E-state index in [2.05, 4.69) is 47.6 Å². The molecule has 0 heterocycles. The molecule has 0 saturated heterocycles. The summed E-state index contributed by atoms with van der Waals surface area (Å²) in [6.45, 7) is 17.6. The van der Waals surface area contributed by atoms with E-state index in [0.717, 1.165) is 25.7 Å². The summed E-state index contributed by atoms with van der Waals surface area (Å²) in [7, 11) is 0. The van der Waals surface area contributed by atoms with Crippen LogP contribution in [0.5, 0.6) is 0 Å². The maximum absolute atomic E-state index is 14.5. The van der Waals surface area contributed by atoms with E-state index in [-0.39, 0.29) is 39.9 Å². The van der Waals surface area contributed by atoms with Crippen LogP contribution < -0.4 is 0 Å². The summed E-state index contributed by atoms with van der Waals surface area (Å²) in [5.41, 5.74) is -0.0644. The molecule has 218 valence electrons. The molecule has 6 heteroatoms. The van der Waals surface area contributed by atoms with Gasteiger partial charge in [-0.05, 0) is 110 Å². The highest BCUT2D eigenvalue weighted by molar-refractivity contribution is 6.17. The van der Waals surface area contributed by atoms with E-state index < -0.39 is 28.9 Å². The molecule has 0 spiro atoms. The number of ether oxygens (including phenoxy) is 2. The molecular weight excluding hydrogens is 512 g/mol. The van der Waals surface area contributed by atoms with Crippen molar-refractivity contribution in [1.29, 1.82) is 0 Å². The molecular formula is C33H49ClO5. The number of carbonyl (C=O) groups excluding carboxylic acids is 3. The molecule has 4 saturated carbocycles. The zero-order valence-electron chi connectivity index (χ0n) is 25.3. The number of ketones is 1. The van der Waals surface area contributed by atoms with Crippen LogP contribution in [0.3, 0.4) is 0 Å². The Labute approximate surface area is 240 Å². The number of allylic oxidation sites excluding steroid dienone is 2. The summed E-state index contributed by atoms with van der Waals surface area (Å²) in [5, 5.41) is 0. The van der Waals surface area contributed by atoms with Gasteiger partial charge in [0, 0.05) is 12.8 Å². The lowest BCUT2D eigenvalue weighted by molar-refractivity contribution is -0.222. The van der Waals surface area contributed by atoms with E-state index in [1.807, 2.05) is 6.92 Å². The van der Waals surface area contributed by atoms with E-state index >= 15 is 0 Å². The molecule has 0 unspecified atom stereocenters. The molecule has 0 N–H and O–H groups in total. The summed E-state index contributed by atoms with van der Waals surface area (Å²) in [6.07, 6.45) is 9.23. The number of esters is 2. The molecule has 0 amide bonds. The van der Waals surface area contributed by atoms with Crippen LogP contribution in [0, 0.1) is 56.7 Å². The first-order chi connectivity index (χ1) is 18.1. The van der Waals surface area contributed by atoms with Crippen LogP contribution in [0.4, 0.5) is 0 Å². The summed E-state index contributed by atoms with van der Waals surface area (Å²) in [4.78, 5) is 40.2. The number of halogens is 1. The van der Waals surface area contributed by atoms with E-state index in [9.17, 15) is 14.4 Å². The topological polar surface area (TPSA) is 69.7 Å². The second-order valence-electron chi connectivity index (χ2n) is 15.2. The molecule has 39 heavy (non-hydrogen) atoms. The Bertz CT molecular complexity index is 1100. The van der Waals surface area contributed by atoms with Crippen LogP contribution in [0.25, 0.3) is 0 Å². The maximum atomic E-state index is 14.5. The van der Waals surface area contributed by atoms with Crippen LogP contribution in [0.15, 0.2) is 11.6 Å². The van der Waals surface area contributed by atoms with Crippen molar-refractivity contribution < 1.29 is 23.9 Å². The molecule has 4 fully saturated rings. The summed E-state index contributed by atoms with van der Waals surface area (Å²) in [5.74, 6) is 0.729. The smallest absolute Gasteiger partial charge is 0.317 e. The molecule has 0 bridgehead atoms. The highest BCUT2D eigenvalue weighted by Crippen LogP contribution is 2.75. The lowest BCUT2D eigenvalue weighted by Crippen LogP contribution is -2.68. The SMILES string of the molecule is CC(=O)O[C@@H]1CC[C@@]2(C)[C@@H](CC[C@]3(C)[C@@H]2C(=O)C=C2[C@@H]4[C@@H](C)[C@H](C)CC[C@]4(C)CC[C@@]23C)[C@@]1(C)C(=O)OCCl. The average Bonchev–Trinajstić information content (AvgIpc) is 2.85. The Morgan fingerprint density at radius 2 is 1.67 bits per heavy atom. The highest BCUT2D eigenvalue weighted by atomic mass is 35.5. The molecule has 0 radical (unpaired) electrons. The number of rotatable bonds is 3. The number of alkyl halides is 1. The Morgan fingerprint density at radius 1 is 0.974 bits per heavy atom. The first-order valence-electron chi connectivity index (χ1n) is 15.3. The van der Waals surface area contributed by atoms with Gasteiger partial charge in [0.1, 0.15) is 11.5 Å². The standard InChI is InChI=1S/C33H49ClO5/c1-19-9-12-29(4)15-16-31(6)22(26(29)20(19)2)17-23(36)27-30(5)13-11-25(39-21(3)35)33(8,28(37)38-18-34)24(30)10-14-32(27,31)7/h17,19-20,24-27H,9-16,18H2,1-8H3/t19-,20+,24-,25-,26+,27-,29-,30+,31+,32-,33-/m1/s1. The van der Waals surface area contributed by atoms with Crippen LogP contribution in [-0.4, -0.2) is 29.9 Å². The normalized spacial score (nSPS) is 50.9. The van der Waals surface area contributed by atoms with Crippen molar-refractivity contribution in [2.45, 2.75) is 113 Å². The zero-order valence-corrected chi connectivity index (χ0v) is 26.1. The fourth-order valence-corrected chi connectivity index (χ4v) is 11.3. The van der Waals surface area contributed by atoms with E-state index in [1.165, 1.54) is 31.8 Å². The molecule has 5 rings (SSSR count). The van der Waals surface area contributed by atoms with Gasteiger partial charge < -0.3 is 9.47 Å². The van der Waals surface area contributed by atoms with Gasteiger partial charge in [-0.1, -0.05) is 58.7 Å². The molecule has 5 nitrogen and oxygen atoms in total.